The summed E-state index contributed by atoms with van der Waals surface area (Å²) >= 11 is 0. The number of carbonyl (C=O) groups excluding carboxylic acids is 2. The molecule has 3 aliphatic heterocycles. The fourth-order valence-corrected chi connectivity index (χ4v) is 5.94. The fourth-order valence-electron chi connectivity index (χ4n) is 5.94. The van der Waals surface area contributed by atoms with E-state index < -0.39 is 5.92 Å². The molecule has 180 valence electrons. The molecule has 1 saturated heterocycles. The lowest BCUT2D eigenvalue weighted by Crippen LogP contribution is -2.52. The maximum absolute atomic E-state index is 14.2. The normalized spacial score (nSPS) is 23.6. The highest BCUT2D eigenvalue weighted by Crippen LogP contribution is 2.49. The van der Waals surface area contributed by atoms with Crippen LogP contribution in [-0.4, -0.2) is 54.0 Å². The first-order valence-corrected chi connectivity index (χ1v) is 12.7. The molecule has 0 saturated carbocycles. The van der Waals surface area contributed by atoms with Crippen molar-refractivity contribution in [3.8, 4) is 11.5 Å². The Labute approximate surface area is 201 Å². The maximum Gasteiger partial charge on any atom is 0.254 e. The Kier molecular flexibility index (Phi) is 6.24. The number of benzene rings is 2. The molecule has 0 aliphatic carbocycles. The van der Waals surface area contributed by atoms with Crippen LogP contribution >= 0.6 is 0 Å². The van der Waals surface area contributed by atoms with Crippen molar-refractivity contribution in [3.05, 3.63) is 58.7 Å². The molecule has 0 unspecified atom stereocenters. The Morgan fingerprint density at radius 1 is 1.00 bits per heavy atom. The molecule has 5 rings (SSSR count). The van der Waals surface area contributed by atoms with Crippen LogP contribution in [-0.2, 0) is 11.2 Å². The summed E-state index contributed by atoms with van der Waals surface area (Å²) in [5.74, 6) is 1.11. The molecule has 6 heteroatoms. The molecule has 3 aliphatic rings. The van der Waals surface area contributed by atoms with Crippen LogP contribution in [0.15, 0.2) is 36.4 Å². The summed E-state index contributed by atoms with van der Waals surface area (Å²) in [6, 6.07) is 11.6. The van der Waals surface area contributed by atoms with Crippen molar-refractivity contribution in [2.75, 3.05) is 26.3 Å². The largest absolute Gasteiger partial charge is 0.490 e. The smallest absolute Gasteiger partial charge is 0.254 e. The molecule has 0 radical (unpaired) electrons. The van der Waals surface area contributed by atoms with Gasteiger partial charge in [0.1, 0.15) is 0 Å². The van der Waals surface area contributed by atoms with Gasteiger partial charge in [0.2, 0.25) is 5.91 Å². The van der Waals surface area contributed by atoms with Crippen molar-refractivity contribution >= 4 is 11.8 Å². The van der Waals surface area contributed by atoms with E-state index in [9.17, 15) is 9.59 Å². The van der Waals surface area contributed by atoms with Crippen LogP contribution in [0.3, 0.4) is 0 Å². The van der Waals surface area contributed by atoms with Gasteiger partial charge in [0.15, 0.2) is 11.5 Å². The third kappa shape index (κ3) is 3.73. The average Bonchev–Trinajstić information content (AvgIpc) is 2.85. The summed E-state index contributed by atoms with van der Waals surface area (Å²) < 4.78 is 11.8. The number of likely N-dealkylation sites (tertiary alicyclic amines) is 1. The molecule has 2 aromatic rings. The molecule has 2 amide bonds. The van der Waals surface area contributed by atoms with E-state index in [1.165, 1.54) is 0 Å². The van der Waals surface area contributed by atoms with Crippen LogP contribution < -0.4 is 9.47 Å². The van der Waals surface area contributed by atoms with E-state index in [1.807, 2.05) is 54.0 Å². The van der Waals surface area contributed by atoms with Gasteiger partial charge >= 0.3 is 0 Å². The molecule has 0 spiro atoms. The minimum atomic E-state index is -0.430. The predicted molar refractivity (Wildman–Crippen MR) is 130 cm³/mol. The zero-order chi connectivity index (χ0) is 23.8. The van der Waals surface area contributed by atoms with Crippen molar-refractivity contribution in [1.82, 2.24) is 9.80 Å². The highest BCUT2D eigenvalue weighted by molar-refractivity contribution is 6.01. The maximum atomic E-state index is 14.2. The van der Waals surface area contributed by atoms with E-state index in [-0.39, 0.29) is 23.9 Å². The quantitative estimate of drug-likeness (QED) is 0.645. The summed E-state index contributed by atoms with van der Waals surface area (Å²) in [6.07, 6.45) is 3.94. The first kappa shape index (κ1) is 22.8. The Balaban J connectivity index is 1.66. The standard InChI is InChI=1S/C28H34N2O4/c1-4-33-23-16-19-13-15-30-26(22(19)17-24(23)34-5-2)25(20-11-6-7-12-21(20)27(30)31)28(32)29-14-9-8-10-18(29)3/h6-7,11-12,16-18,25-26H,4-5,8-10,13-15H2,1-3H3/t18-,25-,26-/m1/s1. The monoisotopic (exact) mass is 462 g/mol. The second kappa shape index (κ2) is 9.32. The average molecular weight is 463 g/mol. The highest BCUT2D eigenvalue weighted by atomic mass is 16.5. The molecular weight excluding hydrogens is 428 g/mol. The number of piperidine rings is 1. The summed E-state index contributed by atoms with van der Waals surface area (Å²) in [4.78, 5) is 31.8. The van der Waals surface area contributed by atoms with Gasteiger partial charge in [-0.15, -0.1) is 0 Å². The Morgan fingerprint density at radius 3 is 2.47 bits per heavy atom. The van der Waals surface area contributed by atoms with Crippen LogP contribution in [0.25, 0.3) is 0 Å². The summed E-state index contributed by atoms with van der Waals surface area (Å²) in [5.41, 5.74) is 3.63. The number of nitrogens with zero attached hydrogens (tertiary/aromatic N) is 2. The molecule has 6 nitrogen and oxygen atoms in total. The van der Waals surface area contributed by atoms with Crippen molar-refractivity contribution in [3.63, 3.8) is 0 Å². The van der Waals surface area contributed by atoms with Crippen molar-refractivity contribution in [1.29, 1.82) is 0 Å². The number of rotatable bonds is 5. The molecule has 1 fully saturated rings. The van der Waals surface area contributed by atoms with E-state index in [2.05, 4.69) is 13.0 Å². The molecule has 0 N–H and O–H groups in total. The summed E-state index contributed by atoms with van der Waals surface area (Å²) in [6.45, 7) is 8.49. The lowest BCUT2D eigenvalue weighted by atomic mass is 9.75. The van der Waals surface area contributed by atoms with Crippen LogP contribution in [0.1, 0.15) is 79.0 Å². The SMILES string of the molecule is CCOc1cc2c(cc1OCC)[C@@H]1[C@H](C(=O)N3CCCC[C@H]3C)c3ccccc3C(=O)N1CC2. The van der Waals surface area contributed by atoms with Gasteiger partial charge in [-0.3, -0.25) is 9.59 Å². The van der Waals surface area contributed by atoms with Crippen molar-refractivity contribution in [2.45, 2.75) is 64.5 Å². The molecule has 34 heavy (non-hydrogen) atoms. The number of amides is 2. The molecule has 0 bridgehead atoms. The summed E-state index contributed by atoms with van der Waals surface area (Å²) in [5, 5.41) is 0. The first-order chi connectivity index (χ1) is 16.5. The van der Waals surface area contributed by atoms with Crippen molar-refractivity contribution in [2.24, 2.45) is 0 Å². The second-order valence-corrected chi connectivity index (χ2v) is 9.50. The zero-order valence-corrected chi connectivity index (χ0v) is 20.4. The molecule has 3 heterocycles. The molecule has 2 aromatic carbocycles. The number of carbonyl (C=O) groups is 2. The van der Waals surface area contributed by atoms with E-state index >= 15 is 0 Å². The fraction of sp³-hybridized carbons (Fsp3) is 0.500. The van der Waals surface area contributed by atoms with Crippen LogP contribution in [0.2, 0.25) is 0 Å². The van der Waals surface area contributed by atoms with Gasteiger partial charge in [-0.2, -0.15) is 0 Å². The third-order valence-corrected chi connectivity index (χ3v) is 7.54. The predicted octanol–water partition coefficient (Wildman–Crippen LogP) is 4.72. The topological polar surface area (TPSA) is 59.1 Å². The van der Waals surface area contributed by atoms with Crippen LogP contribution in [0.4, 0.5) is 0 Å². The molecule has 0 aromatic heterocycles. The van der Waals surface area contributed by atoms with E-state index in [4.69, 9.17) is 9.47 Å². The first-order valence-electron chi connectivity index (χ1n) is 12.7. The van der Waals surface area contributed by atoms with Gasteiger partial charge in [0.05, 0.1) is 25.2 Å². The number of fused-ring (bicyclic) bond motifs is 4. The lowest BCUT2D eigenvalue weighted by Gasteiger charge is -2.47. The van der Waals surface area contributed by atoms with Gasteiger partial charge in [-0.25, -0.2) is 0 Å². The van der Waals surface area contributed by atoms with Gasteiger partial charge in [-0.1, -0.05) is 18.2 Å². The Hall–Kier alpha value is -3.02. The molecule has 3 atom stereocenters. The zero-order valence-electron chi connectivity index (χ0n) is 20.4. The van der Waals surface area contributed by atoms with Crippen LogP contribution in [0.5, 0.6) is 11.5 Å². The van der Waals surface area contributed by atoms with Gasteiger partial charge in [-0.05, 0) is 81.3 Å². The number of ether oxygens (including phenoxy) is 2. The van der Waals surface area contributed by atoms with Crippen LogP contribution in [0, 0.1) is 0 Å². The van der Waals surface area contributed by atoms with E-state index in [0.29, 0.717) is 31.1 Å². The van der Waals surface area contributed by atoms with Gasteiger partial charge < -0.3 is 19.3 Å². The van der Waals surface area contributed by atoms with Gasteiger partial charge in [0.25, 0.3) is 5.91 Å². The number of hydrogen-bond acceptors (Lipinski definition) is 4. The minimum Gasteiger partial charge on any atom is -0.490 e. The third-order valence-electron chi connectivity index (χ3n) is 7.54. The second-order valence-electron chi connectivity index (χ2n) is 9.50. The highest BCUT2D eigenvalue weighted by Gasteiger charge is 2.48. The van der Waals surface area contributed by atoms with E-state index in [0.717, 1.165) is 54.7 Å². The van der Waals surface area contributed by atoms with Gasteiger partial charge in [0, 0.05) is 24.7 Å². The Bertz CT molecular complexity index is 1100. The summed E-state index contributed by atoms with van der Waals surface area (Å²) in [7, 11) is 0. The van der Waals surface area contributed by atoms with Crippen molar-refractivity contribution < 1.29 is 19.1 Å². The minimum absolute atomic E-state index is 0.00818. The van der Waals surface area contributed by atoms with E-state index in [1.54, 1.807) is 0 Å². The Morgan fingerprint density at radius 2 is 1.74 bits per heavy atom. The number of hydrogen-bond donors (Lipinski definition) is 0. The lowest BCUT2D eigenvalue weighted by molar-refractivity contribution is -0.138. The molecular formula is C28H34N2O4.